The molecule has 4 nitrogen and oxygen atoms in total. The Morgan fingerprint density at radius 3 is 2.50 bits per heavy atom. The lowest BCUT2D eigenvalue weighted by Gasteiger charge is -2.12. The number of aromatic nitrogens is 3. The van der Waals surface area contributed by atoms with Gasteiger partial charge in [-0.3, -0.25) is 9.67 Å². The van der Waals surface area contributed by atoms with E-state index in [0.717, 1.165) is 4.57 Å². The van der Waals surface area contributed by atoms with Crippen LogP contribution >= 0.6 is 12.2 Å². The Balaban J connectivity index is 2.27. The molecule has 0 saturated heterocycles. The average molecular weight is 221 g/mol. The molecule has 2 rings (SSSR count). The van der Waals surface area contributed by atoms with Gasteiger partial charge in [0.2, 0.25) is 6.43 Å². The van der Waals surface area contributed by atoms with Crippen LogP contribution < -0.4 is 5.69 Å². The molecule has 1 aromatic rings. The summed E-state index contributed by atoms with van der Waals surface area (Å²) in [5, 5.41) is 4.68. The topological polar surface area (TPSA) is 53.6 Å². The summed E-state index contributed by atoms with van der Waals surface area (Å²) >= 11 is 4.79. The van der Waals surface area contributed by atoms with Gasteiger partial charge in [-0.05, 0) is 25.1 Å². The molecule has 1 aliphatic rings. The van der Waals surface area contributed by atoms with Gasteiger partial charge in [0.05, 0.1) is 0 Å². The minimum Gasteiger partial charge on any atom is -0.272 e. The minimum absolute atomic E-state index is 0.00231. The second kappa shape index (κ2) is 3.01. The van der Waals surface area contributed by atoms with E-state index < -0.39 is 17.5 Å². The molecule has 14 heavy (non-hydrogen) atoms. The van der Waals surface area contributed by atoms with Crippen LogP contribution in [-0.4, -0.2) is 21.2 Å². The third-order valence-corrected chi connectivity index (χ3v) is 2.92. The highest BCUT2D eigenvalue weighted by Gasteiger charge is 2.51. The van der Waals surface area contributed by atoms with Crippen LogP contribution in [0, 0.1) is 10.2 Å². The van der Waals surface area contributed by atoms with Gasteiger partial charge < -0.3 is 0 Å². The maximum atomic E-state index is 12.6. The van der Waals surface area contributed by atoms with E-state index in [4.69, 9.17) is 12.2 Å². The van der Waals surface area contributed by atoms with Crippen molar-refractivity contribution in [2.45, 2.75) is 25.8 Å². The van der Waals surface area contributed by atoms with Crippen LogP contribution in [0.4, 0.5) is 8.78 Å². The van der Waals surface area contributed by atoms with Gasteiger partial charge in [0.15, 0.2) is 4.77 Å². The first-order chi connectivity index (χ1) is 6.55. The molecule has 0 aliphatic heterocycles. The number of nitrogens with zero attached hydrogens (tertiary/aromatic N) is 1. The highest BCUT2D eigenvalue weighted by molar-refractivity contribution is 7.71. The van der Waals surface area contributed by atoms with E-state index in [1.807, 2.05) is 0 Å². The molecule has 0 spiro atoms. The molecule has 1 heterocycles. The summed E-state index contributed by atoms with van der Waals surface area (Å²) in [6, 6.07) is 0. The number of rotatable bonds is 3. The molecule has 2 N–H and O–H groups in total. The van der Waals surface area contributed by atoms with E-state index in [9.17, 15) is 13.6 Å². The second-order valence-corrected chi connectivity index (χ2v) is 4.00. The minimum atomic E-state index is -2.39. The van der Waals surface area contributed by atoms with E-state index in [1.54, 1.807) is 0 Å². The number of alkyl halides is 2. The number of aromatic amines is 2. The Hall–Kier alpha value is -0.980. The van der Waals surface area contributed by atoms with Gasteiger partial charge in [-0.1, -0.05) is 0 Å². The number of hydrogen-bond acceptors (Lipinski definition) is 2. The molecule has 0 aromatic carbocycles. The third kappa shape index (κ3) is 1.41. The third-order valence-electron chi connectivity index (χ3n) is 2.59. The highest BCUT2D eigenvalue weighted by atomic mass is 32.1. The maximum absolute atomic E-state index is 12.6. The predicted molar refractivity (Wildman–Crippen MR) is 47.9 cm³/mol. The SMILES string of the molecule is O=c1[nH][nH]c(=S)n1CC1(C(F)F)CC1. The summed E-state index contributed by atoms with van der Waals surface area (Å²) in [4.78, 5) is 11.1. The van der Waals surface area contributed by atoms with Crippen molar-refractivity contribution in [1.82, 2.24) is 14.8 Å². The first-order valence-corrected chi connectivity index (χ1v) is 4.62. The first-order valence-electron chi connectivity index (χ1n) is 4.21. The Kier molecular flexibility index (Phi) is 2.06. The molecule has 7 heteroatoms. The predicted octanol–water partition coefficient (Wildman–Crippen LogP) is 1.28. The summed E-state index contributed by atoms with van der Waals surface area (Å²) in [5.41, 5.74) is -1.48. The Labute approximate surface area is 82.9 Å². The average Bonchev–Trinajstić information content (AvgIpc) is 2.84. The van der Waals surface area contributed by atoms with E-state index in [0.29, 0.717) is 12.8 Å². The fraction of sp³-hybridized carbons (Fsp3) is 0.714. The monoisotopic (exact) mass is 221 g/mol. The quantitative estimate of drug-likeness (QED) is 0.755. The molecule has 1 saturated carbocycles. The molecular weight excluding hydrogens is 212 g/mol. The Morgan fingerprint density at radius 2 is 2.14 bits per heavy atom. The van der Waals surface area contributed by atoms with Gasteiger partial charge in [0.25, 0.3) is 0 Å². The van der Waals surface area contributed by atoms with Crippen LogP contribution in [0.15, 0.2) is 4.79 Å². The molecule has 0 amide bonds. The van der Waals surface area contributed by atoms with Crippen molar-refractivity contribution in [2.75, 3.05) is 0 Å². The zero-order valence-electron chi connectivity index (χ0n) is 7.22. The number of halogens is 2. The summed E-state index contributed by atoms with van der Waals surface area (Å²) in [5.74, 6) is 0. The molecule has 0 unspecified atom stereocenters. The van der Waals surface area contributed by atoms with E-state index in [-0.39, 0.29) is 11.3 Å². The summed E-state index contributed by atoms with van der Waals surface area (Å²) in [7, 11) is 0. The molecule has 0 bridgehead atoms. The molecule has 1 fully saturated rings. The van der Waals surface area contributed by atoms with Crippen molar-refractivity contribution < 1.29 is 8.78 Å². The van der Waals surface area contributed by atoms with Crippen LogP contribution in [-0.2, 0) is 6.54 Å². The smallest absolute Gasteiger partial charge is 0.272 e. The Bertz CT molecular complexity index is 415. The fourth-order valence-corrected chi connectivity index (χ4v) is 1.60. The summed E-state index contributed by atoms with van der Waals surface area (Å²) < 4.78 is 26.4. The largest absolute Gasteiger partial charge is 0.342 e. The lowest BCUT2D eigenvalue weighted by Crippen LogP contribution is -2.26. The first kappa shape index (κ1) is 9.57. The lowest BCUT2D eigenvalue weighted by molar-refractivity contribution is 0.0504. The van der Waals surface area contributed by atoms with Crippen molar-refractivity contribution in [1.29, 1.82) is 0 Å². The van der Waals surface area contributed by atoms with Gasteiger partial charge in [0, 0.05) is 12.0 Å². The normalized spacial score (nSPS) is 18.8. The van der Waals surface area contributed by atoms with Crippen molar-refractivity contribution in [3.8, 4) is 0 Å². The van der Waals surface area contributed by atoms with Gasteiger partial charge in [0.1, 0.15) is 0 Å². The molecule has 1 aromatic heterocycles. The van der Waals surface area contributed by atoms with Crippen molar-refractivity contribution in [2.24, 2.45) is 5.41 Å². The van der Waals surface area contributed by atoms with E-state index in [2.05, 4.69) is 10.2 Å². The maximum Gasteiger partial charge on any atom is 0.342 e. The summed E-state index contributed by atoms with van der Waals surface area (Å²) in [6.07, 6.45) is -1.48. The van der Waals surface area contributed by atoms with Gasteiger partial charge >= 0.3 is 5.69 Å². The van der Waals surface area contributed by atoms with E-state index >= 15 is 0 Å². The van der Waals surface area contributed by atoms with Crippen molar-refractivity contribution in [3.63, 3.8) is 0 Å². The van der Waals surface area contributed by atoms with Gasteiger partial charge in [-0.2, -0.15) is 0 Å². The van der Waals surface area contributed by atoms with E-state index in [1.165, 1.54) is 0 Å². The zero-order chi connectivity index (χ0) is 10.3. The number of hydrogen-bond donors (Lipinski definition) is 2. The summed E-state index contributed by atoms with van der Waals surface area (Å²) in [6.45, 7) is 0.00231. The standard InChI is InChI=1S/C7H9F2N3OS/c8-4(9)7(1-2-7)3-12-5(13)10-11-6(12)14/h4H,1-3H2,(H,10,13)(H,11,14). The second-order valence-electron chi connectivity index (χ2n) is 3.61. The number of nitrogens with one attached hydrogen (secondary N) is 2. The number of H-pyrrole nitrogens is 2. The molecule has 1 aliphatic carbocycles. The lowest BCUT2D eigenvalue weighted by atomic mass is 10.1. The molecule has 0 radical (unpaired) electrons. The van der Waals surface area contributed by atoms with Gasteiger partial charge in [-0.25, -0.2) is 18.7 Å². The van der Waals surface area contributed by atoms with Crippen molar-refractivity contribution >= 4 is 12.2 Å². The molecular formula is C7H9F2N3OS. The van der Waals surface area contributed by atoms with Crippen LogP contribution in [0.5, 0.6) is 0 Å². The zero-order valence-corrected chi connectivity index (χ0v) is 8.03. The van der Waals surface area contributed by atoms with Gasteiger partial charge in [-0.15, -0.1) is 0 Å². The van der Waals surface area contributed by atoms with Crippen LogP contribution in [0.1, 0.15) is 12.8 Å². The van der Waals surface area contributed by atoms with Crippen molar-refractivity contribution in [3.05, 3.63) is 15.3 Å². The fourth-order valence-electron chi connectivity index (χ4n) is 1.40. The van der Waals surface area contributed by atoms with Crippen LogP contribution in [0.2, 0.25) is 0 Å². The van der Waals surface area contributed by atoms with Crippen LogP contribution in [0.3, 0.4) is 0 Å². The molecule has 0 atom stereocenters. The highest BCUT2D eigenvalue weighted by Crippen LogP contribution is 2.51. The Morgan fingerprint density at radius 1 is 1.50 bits per heavy atom. The van der Waals surface area contributed by atoms with Crippen LogP contribution in [0.25, 0.3) is 0 Å². The molecule has 78 valence electrons.